The van der Waals surface area contributed by atoms with E-state index in [1.54, 1.807) is 36.4 Å². The van der Waals surface area contributed by atoms with Gasteiger partial charge in [0.25, 0.3) is 0 Å². The number of benzene rings is 2. The molecule has 0 aromatic heterocycles. The Kier molecular flexibility index (Phi) is 4.69. The van der Waals surface area contributed by atoms with E-state index in [0.29, 0.717) is 26.2 Å². The van der Waals surface area contributed by atoms with Gasteiger partial charge in [-0.1, -0.05) is 47.5 Å². The molecule has 2 aliphatic heterocycles. The Morgan fingerprint density at radius 3 is 2.30 bits per heavy atom. The van der Waals surface area contributed by atoms with Gasteiger partial charge in [-0.25, -0.2) is 0 Å². The molecule has 0 saturated carbocycles. The molecule has 1 saturated heterocycles. The maximum absolute atomic E-state index is 13.0. The molecule has 0 spiro atoms. The summed E-state index contributed by atoms with van der Waals surface area (Å²) in [7, 11) is 0. The lowest BCUT2D eigenvalue weighted by Crippen LogP contribution is -2.48. The zero-order chi connectivity index (χ0) is 19.2. The minimum Gasteiger partial charge on any atom is -0.366 e. The molecule has 0 radical (unpaired) electrons. The molecule has 1 amide bonds. The molecule has 4 rings (SSSR count). The number of fused-ring (bicyclic) bond motifs is 1. The van der Waals surface area contributed by atoms with Gasteiger partial charge < -0.3 is 5.11 Å². The van der Waals surface area contributed by atoms with Gasteiger partial charge >= 0.3 is 0 Å². The van der Waals surface area contributed by atoms with Gasteiger partial charge in [0.05, 0.1) is 22.4 Å². The molecule has 1 fully saturated rings. The lowest BCUT2D eigenvalue weighted by atomic mass is 9.85. The Labute approximate surface area is 171 Å². The van der Waals surface area contributed by atoms with E-state index in [0.717, 1.165) is 5.56 Å². The number of nitrogens with zero attached hydrogens (tertiary/aromatic N) is 2. The fourth-order valence-corrected chi connectivity index (χ4v) is 5.15. The first-order chi connectivity index (χ1) is 12.9. The Morgan fingerprint density at radius 1 is 1.11 bits per heavy atom. The van der Waals surface area contributed by atoms with E-state index in [9.17, 15) is 15.2 Å². The van der Waals surface area contributed by atoms with E-state index in [-0.39, 0.29) is 24.0 Å². The number of allylic oxidation sites excluding steroid dienone is 1. The first-order valence-electron chi connectivity index (χ1n) is 8.28. The topological polar surface area (TPSA) is 64.3 Å². The Balaban J connectivity index is 1.79. The van der Waals surface area contributed by atoms with Gasteiger partial charge in [-0.05, 0) is 29.8 Å². The van der Waals surface area contributed by atoms with E-state index < -0.39 is 5.72 Å². The molecule has 2 atom stereocenters. The molecular weight excluding hydrogens is 403 g/mol. The smallest absolute Gasteiger partial charge is 0.231 e. The number of amides is 1. The van der Waals surface area contributed by atoms with Gasteiger partial charge in [-0.2, -0.15) is 5.26 Å². The van der Waals surface area contributed by atoms with Gasteiger partial charge in [-0.15, -0.1) is 11.8 Å². The maximum atomic E-state index is 13.0. The van der Waals surface area contributed by atoms with E-state index in [2.05, 4.69) is 6.07 Å². The number of nitriles is 1. The summed E-state index contributed by atoms with van der Waals surface area (Å²) in [4.78, 5) is 14.4. The largest absolute Gasteiger partial charge is 0.366 e. The number of carbonyl (C=O) groups is 1. The van der Waals surface area contributed by atoms with E-state index >= 15 is 0 Å². The molecule has 7 heteroatoms. The van der Waals surface area contributed by atoms with Crippen molar-refractivity contribution in [2.24, 2.45) is 0 Å². The van der Waals surface area contributed by atoms with Crippen LogP contribution < -0.4 is 0 Å². The Bertz CT molecular complexity index is 983. The van der Waals surface area contributed by atoms with E-state index in [1.807, 2.05) is 12.1 Å². The van der Waals surface area contributed by atoms with Crippen LogP contribution >= 0.6 is 35.0 Å². The van der Waals surface area contributed by atoms with Crippen LogP contribution in [0.3, 0.4) is 0 Å². The predicted molar refractivity (Wildman–Crippen MR) is 106 cm³/mol. The molecule has 4 nitrogen and oxygen atoms in total. The summed E-state index contributed by atoms with van der Waals surface area (Å²) in [6.07, 6.45) is 0.116. The first kappa shape index (κ1) is 18.4. The first-order valence-corrected chi connectivity index (χ1v) is 10.0. The third-order valence-electron chi connectivity index (χ3n) is 4.89. The third kappa shape index (κ3) is 3.03. The van der Waals surface area contributed by atoms with Crippen molar-refractivity contribution in [1.82, 2.24) is 4.90 Å². The van der Waals surface area contributed by atoms with Gasteiger partial charge in [0.15, 0.2) is 5.72 Å². The molecule has 136 valence electrons. The van der Waals surface area contributed by atoms with E-state index in [1.165, 1.54) is 16.7 Å². The number of thioether (sulfide) groups is 1. The van der Waals surface area contributed by atoms with Gasteiger partial charge in [0, 0.05) is 27.9 Å². The van der Waals surface area contributed by atoms with Gasteiger partial charge in [-0.3, -0.25) is 9.69 Å². The van der Waals surface area contributed by atoms with Crippen molar-refractivity contribution in [3.05, 3.63) is 80.3 Å². The van der Waals surface area contributed by atoms with Crippen LogP contribution in [0.5, 0.6) is 0 Å². The summed E-state index contributed by atoms with van der Waals surface area (Å²) in [6.45, 7) is 0. The fraction of sp³-hybridized carbons (Fsp3) is 0.200. The van der Waals surface area contributed by atoms with Crippen LogP contribution in [0.1, 0.15) is 23.5 Å². The lowest BCUT2D eigenvalue weighted by Gasteiger charge is -2.38. The van der Waals surface area contributed by atoms with Crippen molar-refractivity contribution in [3.8, 4) is 6.07 Å². The Morgan fingerprint density at radius 2 is 1.70 bits per heavy atom. The summed E-state index contributed by atoms with van der Waals surface area (Å²) < 4.78 is 0. The number of halogens is 2. The summed E-state index contributed by atoms with van der Waals surface area (Å²) >= 11 is 13.2. The summed E-state index contributed by atoms with van der Waals surface area (Å²) in [5.41, 5.74) is 0.435. The number of hydrogen-bond acceptors (Lipinski definition) is 4. The second kappa shape index (κ2) is 6.88. The minimum atomic E-state index is -1.49. The van der Waals surface area contributed by atoms with Crippen LogP contribution in [0.15, 0.2) is 59.1 Å². The fourth-order valence-electron chi connectivity index (χ4n) is 3.54. The van der Waals surface area contributed by atoms with Crippen LogP contribution in [0.4, 0.5) is 0 Å². The minimum absolute atomic E-state index is 0.116. The lowest BCUT2D eigenvalue weighted by molar-refractivity contribution is -0.149. The number of rotatable bonds is 2. The highest BCUT2D eigenvalue weighted by Gasteiger charge is 2.51. The molecule has 2 aromatic rings. The number of carbonyl (C=O) groups excluding carboxylic acids is 1. The van der Waals surface area contributed by atoms with Crippen molar-refractivity contribution >= 4 is 40.9 Å². The number of hydrogen-bond donors (Lipinski definition) is 1. The quantitative estimate of drug-likeness (QED) is 0.774. The average molecular weight is 417 g/mol. The highest BCUT2D eigenvalue weighted by Crippen LogP contribution is 2.51. The summed E-state index contributed by atoms with van der Waals surface area (Å²) in [5, 5.41) is 22.8. The van der Waals surface area contributed by atoms with Crippen LogP contribution in [-0.4, -0.2) is 21.7 Å². The van der Waals surface area contributed by atoms with E-state index in [4.69, 9.17) is 23.2 Å². The van der Waals surface area contributed by atoms with Crippen molar-refractivity contribution in [1.29, 1.82) is 5.26 Å². The zero-order valence-corrected chi connectivity index (χ0v) is 16.4. The highest BCUT2D eigenvalue weighted by atomic mass is 35.5. The standard InChI is InChI=1S/C20H14Cl2N2O2S/c21-14-5-1-12(2-6-14)16-9-18(25)24-19(17(16)10-23)27-11-20(24,26)13-3-7-15(22)8-4-13/h1-8,16,26H,9,11H2/t16-,20+/m0/s1. The van der Waals surface area contributed by atoms with Crippen molar-refractivity contribution < 1.29 is 9.90 Å². The van der Waals surface area contributed by atoms with Crippen LogP contribution in [-0.2, 0) is 10.5 Å². The Hall–Kier alpha value is -1.97. The van der Waals surface area contributed by atoms with Crippen LogP contribution in [0.25, 0.3) is 0 Å². The number of aliphatic hydroxyl groups is 1. The summed E-state index contributed by atoms with van der Waals surface area (Å²) in [5.74, 6) is -0.300. The van der Waals surface area contributed by atoms with Gasteiger partial charge in [0.2, 0.25) is 5.91 Å². The molecule has 2 aliphatic rings. The second-order valence-corrected chi connectivity index (χ2v) is 8.32. The van der Waals surface area contributed by atoms with Crippen LogP contribution in [0.2, 0.25) is 10.0 Å². The molecule has 0 aliphatic carbocycles. The van der Waals surface area contributed by atoms with Crippen molar-refractivity contribution in [3.63, 3.8) is 0 Å². The molecule has 2 aromatic carbocycles. The molecule has 0 unspecified atom stereocenters. The normalized spacial score (nSPS) is 24.7. The second-order valence-electron chi connectivity index (χ2n) is 6.48. The molecule has 27 heavy (non-hydrogen) atoms. The molecule has 0 bridgehead atoms. The molecule has 2 heterocycles. The SMILES string of the molecule is N#CC1=C2SC[C@@](O)(c3ccc(Cl)cc3)N2C(=O)C[C@H]1c1ccc(Cl)cc1. The van der Waals surface area contributed by atoms with Crippen LogP contribution in [0, 0.1) is 11.3 Å². The monoisotopic (exact) mass is 416 g/mol. The average Bonchev–Trinajstić information content (AvgIpc) is 3.02. The predicted octanol–water partition coefficient (Wildman–Crippen LogP) is 4.64. The maximum Gasteiger partial charge on any atom is 0.231 e. The highest BCUT2D eigenvalue weighted by molar-refractivity contribution is 8.03. The third-order valence-corrected chi connectivity index (χ3v) is 6.62. The van der Waals surface area contributed by atoms with Crippen molar-refractivity contribution in [2.75, 3.05) is 5.75 Å². The zero-order valence-electron chi connectivity index (χ0n) is 14.0. The summed E-state index contributed by atoms with van der Waals surface area (Å²) in [6, 6.07) is 16.2. The van der Waals surface area contributed by atoms with Crippen molar-refractivity contribution in [2.45, 2.75) is 18.1 Å². The molecule has 1 N–H and O–H groups in total. The molecular formula is C20H14Cl2N2O2S. The van der Waals surface area contributed by atoms with Gasteiger partial charge in [0.1, 0.15) is 0 Å².